The Morgan fingerprint density at radius 1 is 1.41 bits per heavy atom. The van der Waals surface area contributed by atoms with Gasteiger partial charge in [0.2, 0.25) is 0 Å². The summed E-state index contributed by atoms with van der Waals surface area (Å²) in [6, 6.07) is 4.91. The molecule has 0 saturated carbocycles. The second kappa shape index (κ2) is 5.63. The maximum Gasteiger partial charge on any atom is 0.129 e. The van der Waals surface area contributed by atoms with Crippen LogP contribution in [0.1, 0.15) is 24.5 Å². The van der Waals surface area contributed by atoms with Crippen LogP contribution in [0.4, 0.5) is 4.39 Å². The molecule has 0 aromatic heterocycles. The van der Waals surface area contributed by atoms with Crippen LogP contribution in [0.5, 0.6) is 0 Å². The molecule has 1 aromatic rings. The lowest BCUT2D eigenvalue weighted by molar-refractivity contribution is 0.0631. The van der Waals surface area contributed by atoms with E-state index >= 15 is 0 Å². The third-order valence-electron chi connectivity index (χ3n) is 3.49. The van der Waals surface area contributed by atoms with Crippen LogP contribution in [-0.2, 0) is 0 Å². The number of nitrogens with zero attached hydrogens (tertiary/aromatic N) is 1. The van der Waals surface area contributed by atoms with Crippen LogP contribution in [0.3, 0.4) is 0 Å². The molecule has 1 aromatic carbocycles. The molecule has 1 unspecified atom stereocenters. The van der Waals surface area contributed by atoms with Crippen molar-refractivity contribution in [2.75, 3.05) is 20.1 Å². The van der Waals surface area contributed by atoms with Gasteiger partial charge in [-0.2, -0.15) is 0 Å². The Morgan fingerprint density at radius 2 is 2.06 bits per heavy atom. The highest BCUT2D eigenvalue weighted by molar-refractivity contribution is 14.1. The minimum atomic E-state index is -0.668. The van der Waals surface area contributed by atoms with Crippen molar-refractivity contribution in [3.8, 4) is 0 Å². The van der Waals surface area contributed by atoms with E-state index in [9.17, 15) is 9.50 Å². The molecule has 0 aliphatic carbocycles. The zero-order valence-corrected chi connectivity index (χ0v) is 12.0. The Hall–Kier alpha value is -0.200. The molecule has 0 bridgehead atoms. The average Bonchev–Trinajstić information content (AvgIpc) is 2.32. The van der Waals surface area contributed by atoms with Crippen LogP contribution >= 0.6 is 22.6 Å². The van der Waals surface area contributed by atoms with Crippen molar-refractivity contribution < 1.29 is 9.50 Å². The molecule has 2 rings (SSSR count). The summed E-state index contributed by atoms with van der Waals surface area (Å²) in [7, 11) is 2.08. The van der Waals surface area contributed by atoms with E-state index in [-0.39, 0.29) is 11.7 Å². The van der Waals surface area contributed by atoms with E-state index in [2.05, 4.69) is 34.5 Å². The molecule has 0 radical (unpaired) electrons. The van der Waals surface area contributed by atoms with E-state index in [0.717, 1.165) is 29.5 Å². The summed E-state index contributed by atoms with van der Waals surface area (Å²) in [6.45, 7) is 1.96. The number of hydrogen-bond acceptors (Lipinski definition) is 2. The Labute approximate surface area is 115 Å². The highest BCUT2D eigenvalue weighted by atomic mass is 127. The minimum absolute atomic E-state index is 0.180. The lowest BCUT2D eigenvalue weighted by atomic mass is 9.87. The summed E-state index contributed by atoms with van der Waals surface area (Å²) < 4.78 is 14.6. The van der Waals surface area contributed by atoms with Crippen molar-refractivity contribution in [2.45, 2.75) is 18.9 Å². The maximum absolute atomic E-state index is 13.7. The molecule has 0 spiro atoms. The molecule has 1 N–H and O–H groups in total. The third-order valence-corrected chi connectivity index (χ3v) is 4.16. The molecular formula is C13H17FINO. The van der Waals surface area contributed by atoms with E-state index < -0.39 is 6.10 Å². The normalized spacial score (nSPS) is 20.5. The molecule has 17 heavy (non-hydrogen) atoms. The second-order valence-corrected chi connectivity index (χ2v) is 6.00. The Kier molecular flexibility index (Phi) is 4.38. The minimum Gasteiger partial charge on any atom is -0.388 e. The van der Waals surface area contributed by atoms with E-state index in [1.54, 1.807) is 12.1 Å². The Bertz CT molecular complexity index is 391. The molecule has 1 aliphatic rings. The van der Waals surface area contributed by atoms with E-state index in [1.807, 2.05) is 0 Å². The van der Waals surface area contributed by atoms with Crippen LogP contribution in [-0.4, -0.2) is 30.1 Å². The van der Waals surface area contributed by atoms with Gasteiger partial charge >= 0.3 is 0 Å². The standard InChI is InChI=1S/C13H17FINO/c1-16-6-4-9(5-7-16)13(17)11-8-10(15)2-3-12(11)14/h2-3,8-9,13,17H,4-7H2,1H3. The number of benzene rings is 1. The molecule has 2 nitrogen and oxygen atoms in total. The monoisotopic (exact) mass is 349 g/mol. The number of halogens is 2. The zero-order chi connectivity index (χ0) is 12.4. The molecule has 1 atom stereocenters. The smallest absolute Gasteiger partial charge is 0.129 e. The van der Waals surface area contributed by atoms with Gasteiger partial charge in [-0.15, -0.1) is 0 Å². The van der Waals surface area contributed by atoms with Crippen molar-refractivity contribution in [1.29, 1.82) is 0 Å². The molecule has 0 amide bonds. The first-order valence-corrected chi connectivity index (χ1v) is 6.97. The number of likely N-dealkylation sites (tertiary alicyclic amines) is 1. The van der Waals surface area contributed by atoms with Crippen molar-refractivity contribution in [1.82, 2.24) is 4.90 Å². The molecular weight excluding hydrogens is 332 g/mol. The highest BCUT2D eigenvalue weighted by Gasteiger charge is 2.26. The van der Waals surface area contributed by atoms with Gasteiger partial charge in [-0.1, -0.05) is 0 Å². The largest absolute Gasteiger partial charge is 0.388 e. The van der Waals surface area contributed by atoms with Crippen LogP contribution in [0.25, 0.3) is 0 Å². The van der Waals surface area contributed by atoms with Crippen molar-refractivity contribution in [3.05, 3.63) is 33.1 Å². The molecule has 1 fully saturated rings. The van der Waals surface area contributed by atoms with Gasteiger partial charge in [0.1, 0.15) is 5.82 Å². The first kappa shape index (κ1) is 13.2. The third kappa shape index (κ3) is 3.17. The predicted molar refractivity (Wildman–Crippen MR) is 74.3 cm³/mol. The fraction of sp³-hybridized carbons (Fsp3) is 0.538. The summed E-state index contributed by atoms with van der Waals surface area (Å²) >= 11 is 2.14. The summed E-state index contributed by atoms with van der Waals surface area (Å²) in [5.41, 5.74) is 0.450. The maximum atomic E-state index is 13.7. The van der Waals surface area contributed by atoms with E-state index in [1.165, 1.54) is 6.07 Å². The molecule has 1 heterocycles. The van der Waals surface area contributed by atoms with Crippen molar-refractivity contribution in [2.24, 2.45) is 5.92 Å². The summed E-state index contributed by atoms with van der Waals surface area (Å²) in [6.07, 6.45) is 1.20. The number of aliphatic hydroxyl groups is 1. The summed E-state index contributed by atoms with van der Waals surface area (Å²) in [5, 5.41) is 10.3. The quantitative estimate of drug-likeness (QED) is 0.830. The average molecular weight is 349 g/mol. The number of piperidine rings is 1. The summed E-state index contributed by atoms with van der Waals surface area (Å²) in [5.74, 6) is -0.115. The van der Waals surface area contributed by atoms with Gasteiger partial charge in [0.25, 0.3) is 0 Å². The number of rotatable bonds is 2. The number of hydrogen-bond donors (Lipinski definition) is 1. The van der Waals surface area contributed by atoms with Gasteiger partial charge in [-0.3, -0.25) is 0 Å². The highest BCUT2D eigenvalue weighted by Crippen LogP contribution is 2.32. The van der Waals surface area contributed by atoms with Gasteiger partial charge in [-0.05, 0) is 79.7 Å². The fourth-order valence-electron chi connectivity index (χ4n) is 2.34. The first-order chi connectivity index (χ1) is 8.08. The van der Waals surface area contributed by atoms with Gasteiger partial charge in [0.15, 0.2) is 0 Å². The molecule has 4 heteroatoms. The van der Waals surface area contributed by atoms with Crippen molar-refractivity contribution >= 4 is 22.6 Å². The van der Waals surface area contributed by atoms with Crippen molar-refractivity contribution in [3.63, 3.8) is 0 Å². The summed E-state index contributed by atoms with van der Waals surface area (Å²) in [4.78, 5) is 2.24. The fourth-order valence-corrected chi connectivity index (χ4v) is 2.85. The molecule has 1 aliphatic heterocycles. The lowest BCUT2D eigenvalue weighted by Gasteiger charge is -2.32. The van der Waals surface area contributed by atoms with Gasteiger partial charge in [0, 0.05) is 9.13 Å². The van der Waals surface area contributed by atoms with Gasteiger partial charge < -0.3 is 10.0 Å². The molecule has 1 saturated heterocycles. The Morgan fingerprint density at radius 3 is 2.71 bits per heavy atom. The molecule has 94 valence electrons. The Balaban J connectivity index is 2.13. The first-order valence-electron chi connectivity index (χ1n) is 5.89. The second-order valence-electron chi connectivity index (χ2n) is 4.75. The van der Waals surface area contributed by atoms with Crippen LogP contribution in [0, 0.1) is 15.3 Å². The van der Waals surface area contributed by atoms with Crippen LogP contribution < -0.4 is 0 Å². The van der Waals surface area contributed by atoms with Gasteiger partial charge in [0.05, 0.1) is 6.10 Å². The van der Waals surface area contributed by atoms with Crippen LogP contribution in [0.15, 0.2) is 18.2 Å². The predicted octanol–water partition coefficient (Wildman–Crippen LogP) is 2.81. The van der Waals surface area contributed by atoms with Gasteiger partial charge in [-0.25, -0.2) is 4.39 Å². The van der Waals surface area contributed by atoms with E-state index in [4.69, 9.17) is 0 Å². The topological polar surface area (TPSA) is 23.5 Å². The zero-order valence-electron chi connectivity index (χ0n) is 9.87. The van der Waals surface area contributed by atoms with Crippen LogP contribution in [0.2, 0.25) is 0 Å². The van der Waals surface area contributed by atoms with E-state index in [0.29, 0.717) is 5.56 Å². The number of aliphatic hydroxyl groups excluding tert-OH is 1. The lowest BCUT2D eigenvalue weighted by Crippen LogP contribution is -2.32. The SMILES string of the molecule is CN1CCC(C(O)c2cc(I)ccc2F)CC1.